The number of hydrogen-bond acceptors (Lipinski definition) is 3. The van der Waals surface area contributed by atoms with Gasteiger partial charge in [-0.2, -0.15) is 5.10 Å². The van der Waals surface area contributed by atoms with E-state index >= 15 is 0 Å². The molecular weight excluding hydrogens is 296 g/mol. The fraction of sp³-hybridized carbons (Fsp3) is 0.667. The van der Waals surface area contributed by atoms with E-state index in [-0.39, 0.29) is 11.9 Å². The summed E-state index contributed by atoms with van der Waals surface area (Å²) in [6.07, 6.45) is 5.21. The minimum Gasteiger partial charge on any atom is -0.354 e. The van der Waals surface area contributed by atoms with Crippen LogP contribution >= 0.6 is 15.9 Å². The molecule has 102 valence electrons. The fourth-order valence-corrected chi connectivity index (χ4v) is 2.00. The van der Waals surface area contributed by atoms with Crippen LogP contribution in [0.5, 0.6) is 0 Å². The summed E-state index contributed by atoms with van der Waals surface area (Å²) in [6.45, 7) is 3.67. The van der Waals surface area contributed by atoms with Crippen LogP contribution < -0.4 is 5.32 Å². The highest BCUT2D eigenvalue weighted by atomic mass is 79.9. The zero-order chi connectivity index (χ0) is 13.5. The normalized spacial score (nSPS) is 12.7. The van der Waals surface area contributed by atoms with Gasteiger partial charge >= 0.3 is 0 Å². The van der Waals surface area contributed by atoms with Gasteiger partial charge < -0.3 is 10.2 Å². The first kappa shape index (κ1) is 15.2. The van der Waals surface area contributed by atoms with E-state index in [0.29, 0.717) is 6.54 Å². The van der Waals surface area contributed by atoms with E-state index in [1.165, 1.54) is 0 Å². The molecule has 1 amide bonds. The summed E-state index contributed by atoms with van der Waals surface area (Å²) in [7, 11) is 4.05. The maximum absolute atomic E-state index is 12.0. The molecule has 0 radical (unpaired) electrons. The first-order valence-corrected chi connectivity index (χ1v) is 6.96. The van der Waals surface area contributed by atoms with Crippen LogP contribution in [0.15, 0.2) is 16.9 Å². The highest BCUT2D eigenvalue weighted by Gasteiger charge is 2.18. The lowest BCUT2D eigenvalue weighted by Gasteiger charge is -2.16. The van der Waals surface area contributed by atoms with Crippen molar-refractivity contribution in [3.63, 3.8) is 0 Å². The molecule has 1 rings (SSSR count). The molecule has 6 heteroatoms. The summed E-state index contributed by atoms with van der Waals surface area (Å²) in [5.74, 6) is 0.0341. The van der Waals surface area contributed by atoms with Crippen LogP contribution in [0.1, 0.15) is 25.8 Å². The lowest BCUT2D eigenvalue weighted by atomic mass is 10.2. The molecule has 1 unspecified atom stereocenters. The lowest BCUT2D eigenvalue weighted by molar-refractivity contribution is -0.124. The van der Waals surface area contributed by atoms with E-state index in [4.69, 9.17) is 0 Å². The third-order valence-corrected chi connectivity index (χ3v) is 3.07. The quantitative estimate of drug-likeness (QED) is 0.778. The van der Waals surface area contributed by atoms with Crippen molar-refractivity contribution in [1.82, 2.24) is 20.0 Å². The van der Waals surface area contributed by atoms with E-state index in [1.54, 1.807) is 10.9 Å². The maximum atomic E-state index is 12.0. The first-order chi connectivity index (χ1) is 8.54. The van der Waals surface area contributed by atoms with Gasteiger partial charge in [-0.05, 0) is 49.4 Å². The number of carbonyl (C=O) groups excluding carboxylic acids is 1. The molecule has 1 heterocycles. The zero-order valence-electron chi connectivity index (χ0n) is 11.2. The van der Waals surface area contributed by atoms with Gasteiger partial charge in [0.25, 0.3) is 0 Å². The van der Waals surface area contributed by atoms with Crippen molar-refractivity contribution in [2.75, 3.05) is 27.2 Å². The number of rotatable bonds is 7. The molecule has 0 aliphatic rings. The second-order valence-corrected chi connectivity index (χ2v) is 5.43. The Hall–Kier alpha value is -0.880. The number of amides is 1. The molecule has 5 nitrogen and oxygen atoms in total. The average Bonchev–Trinajstić information content (AvgIpc) is 2.72. The average molecular weight is 317 g/mol. The van der Waals surface area contributed by atoms with Crippen LogP contribution in [0, 0.1) is 0 Å². The van der Waals surface area contributed by atoms with Gasteiger partial charge in [0, 0.05) is 12.7 Å². The molecule has 0 saturated heterocycles. The Balaban J connectivity index is 2.43. The van der Waals surface area contributed by atoms with Crippen LogP contribution in [0.25, 0.3) is 0 Å². The van der Waals surface area contributed by atoms with Crippen molar-refractivity contribution in [2.24, 2.45) is 0 Å². The highest BCUT2D eigenvalue weighted by molar-refractivity contribution is 9.10. The van der Waals surface area contributed by atoms with Crippen molar-refractivity contribution < 1.29 is 4.79 Å². The highest BCUT2D eigenvalue weighted by Crippen LogP contribution is 2.14. The molecular formula is C12H21BrN4O. The number of carbonyl (C=O) groups is 1. The molecule has 1 N–H and O–H groups in total. The molecule has 0 aliphatic heterocycles. The van der Waals surface area contributed by atoms with Gasteiger partial charge in [0.1, 0.15) is 6.04 Å². The second-order valence-electron chi connectivity index (χ2n) is 4.51. The molecule has 0 bridgehead atoms. The Morgan fingerprint density at radius 1 is 1.61 bits per heavy atom. The standard InChI is InChI=1S/C12H21BrN4O/c1-4-11(17-9-10(13)8-15-17)12(18)14-6-5-7-16(2)3/h8-9,11H,4-7H2,1-3H3,(H,14,18). The minimum absolute atomic E-state index is 0.0341. The summed E-state index contributed by atoms with van der Waals surface area (Å²) in [6, 6.07) is -0.226. The van der Waals surface area contributed by atoms with Gasteiger partial charge in [-0.15, -0.1) is 0 Å². The van der Waals surface area contributed by atoms with E-state index in [0.717, 1.165) is 23.9 Å². The van der Waals surface area contributed by atoms with E-state index < -0.39 is 0 Å². The molecule has 0 aliphatic carbocycles. The van der Waals surface area contributed by atoms with Crippen molar-refractivity contribution >= 4 is 21.8 Å². The van der Waals surface area contributed by atoms with E-state index in [9.17, 15) is 4.79 Å². The Morgan fingerprint density at radius 3 is 2.83 bits per heavy atom. The Labute approximate surface area is 117 Å². The van der Waals surface area contributed by atoms with Crippen LogP contribution in [0.4, 0.5) is 0 Å². The third-order valence-electron chi connectivity index (χ3n) is 2.66. The number of nitrogens with zero attached hydrogens (tertiary/aromatic N) is 3. The monoisotopic (exact) mass is 316 g/mol. The van der Waals surface area contributed by atoms with Crippen LogP contribution in [0.2, 0.25) is 0 Å². The maximum Gasteiger partial charge on any atom is 0.244 e. The predicted octanol–water partition coefficient (Wildman–Crippen LogP) is 1.66. The Kier molecular flexibility index (Phi) is 6.35. The summed E-state index contributed by atoms with van der Waals surface area (Å²) in [5.41, 5.74) is 0. The van der Waals surface area contributed by atoms with E-state index in [2.05, 4.69) is 31.2 Å². The number of nitrogens with one attached hydrogen (secondary N) is 1. The van der Waals surface area contributed by atoms with Crippen molar-refractivity contribution in [2.45, 2.75) is 25.8 Å². The lowest BCUT2D eigenvalue weighted by Crippen LogP contribution is -2.34. The summed E-state index contributed by atoms with van der Waals surface area (Å²) >= 11 is 3.34. The number of halogens is 1. The van der Waals surface area contributed by atoms with Gasteiger partial charge in [0.05, 0.1) is 10.7 Å². The molecule has 1 aromatic heterocycles. The topological polar surface area (TPSA) is 50.2 Å². The summed E-state index contributed by atoms with van der Waals surface area (Å²) in [4.78, 5) is 14.1. The fourth-order valence-electron chi connectivity index (χ4n) is 1.70. The summed E-state index contributed by atoms with van der Waals surface area (Å²) in [5, 5.41) is 7.12. The van der Waals surface area contributed by atoms with Crippen molar-refractivity contribution in [1.29, 1.82) is 0 Å². The molecule has 0 fully saturated rings. The van der Waals surface area contributed by atoms with Gasteiger partial charge in [-0.3, -0.25) is 9.48 Å². The number of aromatic nitrogens is 2. The van der Waals surface area contributed by atoms with Crippen LogP contribution in [-0.4, -0.2) is 47.8 Å². The van der Waals surface area contributed by atoms with Crippen molar-refractivity contribution in [3.05, 3.63) is 16.9 Å². The molecule has 1 atom stereocenters. The smallest absolute Gasteiger partial charge is 0.244 e. The Morgan fingerprint density at radius 2 is 2.33 bits per heavy atom. The third kappa shape index (κ3) is 4.78. The van der Waals surface area contributed by atoms with Gasteiger partial charge in [0.15, 0.2) is 0 Å². The summed E-state index contributed by atoms with van der Waals surface area (Å²) < 4.78 is 2.59. The molecule has 0 spiro atoms. The second kappa shape index (κ2) is 7.53. The van der Waals surface area contributed by atoms with Gasteiger partial charge in [-0.1, -0.05) is 6.92 Å². The molecule has 0 aromatic carbocycles. The minimum atomic E-state index is -0.226. The van der Waals surface area contributed by atoms with Crippen LogP contribution in [0.3, 0.4) is 0 Å². The predicted molar refractivity (Wildman–Crippen MR) is 75.4 cm³/mol. The van der Waals surface area contributed by atoms with Crippen molar-refractivity contribution in [3.8, 4) is 0 Å². The number of hydrogen-bond donors (Lipinski definition) is 1. The first-order valence-electron chi connectivity index (χ1n) is 6.16. The Bertz CT molecular complexity index is 378. The largest absolute Gasteiger partial charge is 0.354 e. The molecule has 0 saturated carbocycles. The van der Waals surface area contributed by atoms with Gasteiger partial charge in [-0.25, -0.2) is 0 Å². The SMILES string of the molecule is CCC(C(=O)NCCCN(C)C)n1cc(Br)cn1. The van der Waals surface area contributed by atoms with Gasteiger partial charge in [0.2, 0.25) is 5.91 Å². The molecule has 18 heavy (non-hydrogen) atoms. The van der Waals surface area contributed by atoms with E-state index in [1.807, 2.05) is 27.2 Å². The zero-order valence-corrected chi connectivity index (χ0v) is 12.8. The van der Waals surface area contributed by atoms with Crippen LogP contribution in [-0.2, 0) is 4.79 Å². The molecule has 1 aromatic rings.